The molecule has 28 heavy (non-hydrogen) atoms. The standard InChI is InChI=1S/C22H34N4O.HI/c1-23-22(24-10-7-18-5-6-21-20(15-18)9-14-27-21)26-13-8-19(17-26)16-25-11-3-2-4-12-25;/h5-6,15,19H,2-4,7-14,16-17H2,1H3,(H,23,24);1H. The van der Waals surface area contributed by atoms with Gasteiger partial charge in [-0.2, -0.15) is 0 Å². The number of piperidine rings is 1. The zero-order valence-corrected chi connectivity index (χ0v) is 19.5. The maximum atomic E-state index is 5.60. The highest BCUT2D eigenvalue weighted by Gasteiger charge is 2.26. The van der Waals surface area contributed by atoms with Crippen LogP contribution in [0.3, 0.4) is 0 Å². The largest absolute Gasteiger partial charge is 0.493 e. The van der Waals surface area contributed by atoms with Crippen molar-refractivity contribution in [2.75, 3.05) is 52.9 Å². The minimum absolute atomic E-state index is 0. The number of nitrogens with zero attached hydrogens (tertiary/aromatic N) is 3. The maximum absolute atomic E-state index is 5.60. The van der Waals surface area contributed by atoms with Crippen molar-refractivity contribution in [3.63, 3.8) is 0 Å². The second kappa shape index (κ2) is 10.7. The van der Waals surface area contributed by atoms with Crippen LogP contribution >= 0.6 is 24.0 Å². The fourth-order valence-corrected chi connectivity index (χ4v) is 4.73. The van der Waals surface area contributed by atoms with E-state index in [0.717, 1.165) is 56.7 Å². The summed E-state index contributed by atoms with van der Waals surface area (Å²) in [6, 6.07) is 6.62. The van der Waals surface area contributed by atoms with Crippen LogP contribution in [0.4, 0.5) is 0 Å². The predicted octanol–water partition coefficient (Wildman–Crippen LogP) is 3.17. The Morgan fingerprint density at radius 2 is 2.07 bits per heavy atom. The Morgan fingerprint density at radius 3 is 2.89 bits per heavy atom. The van der Waals surface area contributed by atoms with E-state index < -0.39 is 0 Å². The molecule has 0 saturated carbocycles. The van der Waals surface area contributed by atoms with Gasteiger partial charge in [-0.3, -0.25) is 4.99 Å². The molecule has 0 amide bonds. The van der Waals surface area contributed by atoms with Crippen molar-refractivity contribution in [2.45, 2.75) is 38.5 Å². The van der Waals surface area contributed by atoms with Crippen LogP contribution in [0.2, 0.25) is 0 Å². The van der Waals surface area contributed by atoms with Gasteiger partial charge in [-0.05, 0) is 61.9 Å². The fourth-order valence-electron chi connectivity index (χ4n) is 4.73. The number of fused-ring (bicyclic) bond motifs is 1. The normalized spacial score (nSPS) is 22.5. The van der Waals surface area contributed by atoms with Crippen LogP contribution in [0.15, 0.2) is 23.2 Å². The maximum Gasteiger partial charge on any atom is 0.193 e. The third kappa shape index (κ3) is 5.53. The number of nitrogens with one attached hydrogen (secondary N) is 1. The molecule has 3 aliphatic rings. The summed E-state index contributed by atoms with van der Waals surface area (Å²) in [7, 11) is 1.91. The lowest BCUT2D eigenvalue weighted by Gasteiger charge is -2.29. The molecule has 1 aromatic carbocycles. The summed E-state index contributed by atoms with van der Waals surface area (Å²) in [5.41, 5.74) is 2.74. The fraction of sp³-hybridized carbons (Fsp3) is 0.682. The Hall–Kier alpha value is -1.02. The molecule has 5 nitrogen and oxygen atoms in total. The van der Waals surface area contributed by atoms with Gasteiger partial charge in [-0.25, -0.2) is 0 Å². The molecule has 4 rings (SSSR count). The van der Waals surface area contributed by atoms with Gasteiger partial charge in [0.05, 0.1) is 6.61 Å². The van der Waals surface area contributed by atoms with Gasteiger partial charge < -0.3 is 19.9 Å². The van der Waals surface area contributed by atoms with Crippen LogP contribution in [0, 0.1) is 5.92 Å². The molecule has 3 aliphatic heterocycles. The van der Waals surface area contributed by atoms with E-state index in [2.05, 4.69) is 38.3 Å². The van der Waals surface area contributed by atoms with Crippen LogP contribution in [0.25, 0.3) is 0 Å². The quantitative estimate of drug-likeness (QED) is 0.385. The summed E-state index contributed by atoms with van der Waals surface area (Å²) in [5.74, 6) is 2.93. The molecule has 1 atom stereocenters. The Kier molecular flexibility index (Phi) is 8.26. The Balaban J connectivity index is 0.00000225. The van der Waals surface area contributed by atoms with Crippen molar-refractivity contribution in [3.8, 4) is 5.75 Å². The summed E-state index contributed by atoms with van der Waals surface area (Å²) in [6.07, 6.45) is 7.55. The third-order valence-electron chi connectivity index (χ3n) is 6.21. The van der Waals surface area contributed by atoms with Crippen molar-refractivity contribution in [1.82, 2.24) is 15.1 Å². The number of guanidine groups is 1. The summed E-state index contributed by atoms with van der Waals surface area (Å²) >= 11 is 0. The van der Waals surface area contributed by atoms with E-state index in [1.54, 1.807) is 0 Å². The van der Waals surface area contributed by atoms with Gasteiger partial charge in [0.15, 0.2) is 5.96 Å². The number of ether oxygens (including phenoxy) is 1. The van der Waals surface area contributed by atoms with Gasteiger partial charge in [-0.1, -0.05) is 18.6 Å². The molecule has 1 unspecified atom stereocenters. The molecule has 0 aromatic heterocycles. The SMILES string of the molecule is CN=C(NCCc1ccc2c(c1)CCO2)N1CCC(CN2CCCCC2)C1.I. The van der Waals surface area contributed by atoms with Crippen LogP contribution in [-0.2, 0) is 12.8 Å². The smallest absolute Gasteiger partial charge is 0.193 e. The molecular weight excluding hydrogens is 463 g/mol. The molecule has 0 aliphatic carbocycles. The second-order valence-electron chi connectivity index (χ2n) is 8.23. The summed E-state index contributed by atoms with van der Waals surface area (Å²) in [4.78, 5) is 9.66. The first-order valence-electron chi connectivity index (χ1n) is 10.7. The average molecular weight is 498 g/mol. The molecule has 2 saturated heterocycles. The van der Waals surface area contributed by atoms with E-state index >= 15 is 0 Å². The molecule has 3 heterocycles. The number of benzene rings is 1. The van der Waals surface area contributed by atoms with E-state index in [-0.39, 0.29) is 24.0 Å². The van der Waals surface area contributed by atoms with E-state index in [1.807, 2.05) is 7.05 Å². The predicted molar refractivity (Wildman–Crippen MR) is 126 cm³/mol. The molecular formula is C22H35IN4O. The van der Waals surface area contributed by atoms with Crippen molar-refractivity contribution in [1.29, 1.82) is 0 Å². The van der Waals surface area contributed by atoms with Gasteiger partial charge in [0.25, 0.3) is 0 Å². The zero-order valence-electron chi connectivity index (χ0n) is 17.2. The van der Waals surface area contributed by atoms with Crippen molar-refractivity contribution < 1.29 is 4.74 Å². The highest BCUT2D eigenvalue weighted by atomic mass is 127. The van der Waals surface area contributed by atoms with Crippen LogP contribution in [-0.4, -0.2) is 68.7 Å². The molecule has 2 fully saturated rings. The number of rotatable bonds is 5. The van der Waals surface area contributed by atoms with E-state index in [4.69, 9.17) is 4.74 Å². The van der Waals surface area contributed by atoms with Crippen molar-refractivity contribution in [3.05, 3.63) is 29.3 Å². The van der Waals surface area contributed by atoms with Crippen LogP contribution in [0.1, 0.15) is 36.8 Å². The van der Waals surface area contributed by atoms with Crippen LogP contribution < -0.4 is 10.1 Å². The lowest BCUT2D eigenvalue weighted by Crippen LogP contribution is -2.41. The highest BCUT2D eigenvalue weighted by molar-refractivity contribution is 14.0. The molecule has 0 radical (unpaired) electrons. The molecule has 1 aromatic rings. The molecule has 0 spiro atoms. The number of halogens is 1. The minimum atomic E-state index is 0. The average Bonchev–Trinajstić information content (AvgIpc) is 3.35. The Labute approximate surface area is 186 Å². The van der Waals surface area contributed by atoms with E-state index in [9.17, 15) is 0 Å². The minimum Gasteiger partial charge on any atom is -0.493 e. The lowest BCUT2D eigenvalue weighted by atomic mass is 10.1. The third-order valence-corrected chi connectivity index (χ3v) is 6.21. The van der Waals surface area contributed by atoms with Crippen LogP contribution in [0.5, 0.6) is 5.75 Å². The summed E-state index contributed by atoms with van der Waals surface area (Å²) < 4.78 is 5.60. The number of aliphatic imine (C=N–C) groups is 1. The topological polar surface area (TPSA) is 40.1 Å². The Morgan fingerprint density at radius 1 is 1.21 bits per heavy atom. The number of likely N-dealkylation sites (tertiary alicyclic amines) is 2. The van der Waals surface area contributed by atoms with Crippen molar-refractivity contribution >= 4 is 29.9 Å². The van der Waals surface area contributed by atoms with E-state index in [0.29, 0.717) is 0 Å². The monoisotopic (exact) mass is 498 g/mol. The Bertz CT molecular complexity index is 660. The molecule has 156 valence electrons. The van der Waals surface area contributed by atoms with Gasteiger partial charge >= 0.3 is 0 Å². The first-order chi connectivity index (χ1) is 13.3. The van der Waals surface area contributed by atoms with Gasteiger partial charge in [0.2, 0.25) is 0 Å². The number of hydrogen-bond acceptors (Lipinski definition) is 3. The van der Waals surface area contributed by atoms with Crippen molar-refractivity contribution in [2.24, 2.45) is 10.9 Å². The molecule has 6 heteroatoms. The van der Waals surface area contributed by atoms with Gasteiger partial charge in [-0.15, -0.1) is 24.0 Å². The second-order valence-corrected chi connectivity index (χ2v) is 8.23. The lowest BCUT2D eigenvalue weighted by molar-refractivity contribution is 0.198. The first kappa shape index (κ1) is 21.7. The number of hydrogen-bond donors (Lipinski definition) is 1. The van der Waals surface area contributed by atoms with Gasteiger partial charge in [0.1, 0.15) is 5.75 Å². The summed E-state index contributed by atoms with van der Waals surface area (Å²) in [5, 5.41) is 3.58. The molecule has 1 N–H and O–H groups in total. The first-order valence-corrected chi connectivity index (χ1v) is 10.7. The zero-order chi connectivity index (χ0) is 18.5. The summed E-state index contributed by atoms with van der Waals surface area (Å²) in [6.45, 7) is 7.91. The highest BCUT2D eigenvalue weighted by Crippen LogP contribution is 2.26. The molecule has 0 bridgehead atoms. The van der Waals surface area contributed by atoms with E-state index in [1.165, 1.54) is 56.4 Å². The van der Waals surface area contributed by atoms with Gasteiger partial charge in [0, 0.05) is 39.6 Å².